The van der Waals surface area contributed by atoms with E-state index in [1.807, 2.05) is 24.3 Å². The first-order chi connectivity index (χ1) is 8.24. The Labute approximate surface area is 101 Å². The van der Waals surface area contributed by atoms with Gasteiger partial charge >= 0.3 is 11.8 Å². The summed E-state index contributed by atoms with van der Waals surface area (Å²) in [6, 6.07) is 7.75. The molecule has 2 rings (SSSR count). The van der Waals surface area contributed by atoms with Crippen molar-refractivity contribution in [2.45, 2.75) is 19.8 Å². The van der Waals surface area contributed by atoms with Gasteiger partial charge in [0.15, 0.2) is 0 Å². The molecule has 0 unspecified atom stereocenters. The normalized spacial score (nSPS) is 14.1. The number of para-hydroxylation sites is 1. The van der Waals surface area contributed by atoms with E-state index < -0.39 is 11.8 Å². The predicted molar refractivity (Wildman–Crippen MR) is 65.8 cm³/mol. The van der Waals surface area contributed by atoms with Gasteiger partial charge in [0.25, 0.3) is 0 Å². The molecule has 4 heteroatoms. The monoisotopic (exact) mass is 232 g/mol. The van der Waals surface area contributed by atoms with Crippen LogP contribution in [0.1, 0.15) is 18.9 Å². The highest BCUT2D eigenvalue weighted by atomic mass is 16.2. The molecular weight excluding hydrogens is 216 g/mol. The molecule has 1 aliphatic rings. The minimum atomic E-state index is -0.524. The molecule has 0 spiro atoms. The summed E-state index contributed by atoms with van der Waals surface area (Å²) in [5, 5.41) is 2.54. The fourth-order valence-electron chi connectivity index (χ4n) is 2.10. The Morgan fingerprint density at radius 1 is 1.35 bits per heavy atom. The van der Waals surface area contributed by atoms with Gasteiger partial charge in [-0.2, -0.15) is 0 Å². The fraction of sp³-hybridized carbons (Fsp3) is 0.385. The molecule has 0 saturated heterocycles. The van der Waals surface area contributed by atoms with Crippen LogP contribution in [-0.2, 0) is 16.0 Å². The molecular formula is C13H16N2O2. The van der Waals surface area contributed by atoms with Crippen LogP contribution in [0.5, 0.6) is 0 Å². The molecule has 0 aromatic heterocycles. The van der Waals surface area contributed by atoms with E-state index in [-0.39, 0.29) is 0 Å². The maximum absolute atomic E-state index is 12.0. The molecule has 0 radical (unpaired) electrons. The third-order valence-electron chi connectivity index (χ3n) is 2.89. The average molecular weight is 232 g/mol. The van der Waals surface area contributed by atoms with Crippen molar-refractivity contribution in [2.24, 2.45) is 0 Å². The van der Waals surface area contributed by atoms with Crippen LogP contribution >= 0.6 is 0 Å². The van der Waals surface area contributed by atoms with Crippen LogP contribution in [0.15, 0.2) is 24.3 Å². The number of benzene rings is 1. The number of nitrogens with one attached hydrogen (secondary N) is 1. The van der Waals surface area contributed by atoms with E-state index in [1.54, 1.807) is 11.8 Å². The van der Waals surface area contributed by atoms with Crippen molar-refractivity contribution in [2.75, 3.05) is 18.0 Å². The van der Waals surface area contributed by atoms with Gasteiger partial charge in [-0.3, -0.25) is 9.59 Å². The lowest BCUT2D eigenvalue weighted by molar-refractivity contribution is -0.137. The van der Waals surface area contributed by atoms with Crippen LogP contribution in [0, 0.1) is 0 Å². The van der Waals surface area contributed by atoms with Gasteiger partial charge in [0.05, 0.1) is 0 Å². The lowest BCUT2D eigenvalue weighted by Crippen LogP contribution is -2.45. The smallest absolute Gasteiger partial charge is 0.316 e. The maximum Gasteiger partial charge on any atom is 0.316 e. The first-order valence-corrected chi connectivity index (χ1v) is 5.91. The van der Waals surface area contributed by atoms with Crippen LogP contribution in [-0.4, -0.2) is 24.9 Å². The summed E-state index contributed by atoms with van der Waals surface area (Å²) >= 11 is 0. The third kappa shape index (κ3) is 2.30. The van der Waals surface area contributed by atoms with Gasteiger partial charge in [-0.15, -0.1) is 0 Å². The van der Waals surface area contributed by atoms with E-state index in [2.05, 4.69) is 5.32 Å². The van der Waals surface area contributed by atoms with Crippen molar-refractivity contribution in [1.82, 2.24) is 5.32 Å². The van der Waals surface area contributed by atoms with Crippen LogP contribution in [0.4, 0.5) is 5.69 Å². The van der Waals surface area contributed by atoms with Gasteiger partial charge < -0.3 is 10.2 Å². The molecule has 0 saturated carbocycles. The predicted octanol–water partition coefficient (Wildman–Crippen LogP) is 1.10. The zero-order chi connectivity index (χ0) is 12.3. The van der Waals surface area contributed by atoms with Crippen molar-refractivity contribution in [3.05, 3.63) is 29.8 Å². The van der Waals surface area contributed by atoms with Gasteiger partial charge in [-0.1, -0.05) is 18.2 Å². The number of carbonyl (C=O) groups is 2. The van der Waals surface area contributed by atoms with E-state index in [4.69, 9.17) is 0 Å². The Morgan fingerprint density at radius 3 is 2.88 bits per heavy atom. The molecule has 1 aliphatic heterocycles. The largest absolute Gasteiger partial charge is 0.348 e. The van der Waals surface area contributed by atoms with Crippen LogP contribution in [0.2, 0.25) is 0 Å². The van der Waals surface area contributed by atoms with Gasteiger partial charge in [0, 0.05) is 18.8 Å². The molecule has 4 nitrogen and oxygen atoms in total. The Balaban J connectivity index is 2.24. The summed E-state index contributed by atoms with van der Waals surface area (Å²) in [4.78, 5) is 25.1. The number of aryl methyl sites for hydroxylation is 1. The number of carbonyl (C=O) groups excluding carboxylic acids is 2. The highest BCUT2D eigenvalue weighted by Crippen LogP contribution is 2.26. The summed E-state index contributed by atoms with van der Waals surface area (Å²) in [5.41, 5.74) is 2.01. The molecule has 0 fully saturated rings. The second-order valence-electron chi connectivity index (χ2n) is 4.05. The quantitative estimate of drug-likeness (QED) is 0.737. The molecule has 0 aliphatic carbocycles. The number of hydrogen-bond donors (Lipinski definition) is 1. The molecule has 0 atom stereocenters. The first-order valence-electron chi connectivity index (χ1n) is 5.91. The molecule has 1 aromatic rings. The summed E-state index contributed by atoms with van der Waals surface area (Å²) in [5.74, 6) is -0.983. The van der Waals surface area contributed by atoms with Crippen molar-refractivity contribution in [1.29, 1.82) is 0 Å². The van der Waals surface area contributed by atoms with Crippen LogP contribution < -0.4 is 10.2 Å². The second-order valence-corrected chi connectivity index (χ2v) is 4.05. The zero-order valence-corrected chi connectivity index (χ0v) is 9.90. The first kappa shape index (κ1) is 11.6. The SMILES string of the molecule is CCNC(=O)C(=O)N1CCCc2ccccc21. The van der Waals surface area contributed by atoms with E-state index in [1.165, 1.54) is 0 Å². The minimum Gasteiger partial charge on any atom is -0.348 e. The van der Waals surface area contributed by atoms with Crippen LogP contribution in [0.25, 0.3) is 0 Å². The Hall–Kier alpha value is -1.84. The molecule has 0 bridgehead atoms. The van der Waals surface area contributed by atoms with Gasteiger partial charge in [-0.25, -0.2) is 0 Å². The minimum absolute atomic E-state index is 0.459. The molecule has 17 heavy (non-hydrogen) atoms. The van der Waals surface area contributed by atoms with Gasteiger partial charge in [-0.05, 0) is 31.4 Å². The van der Waals surface area contributed by atoms with Gasteiger partial charge in [0.1, 0.15) is 0 Å². The topological polar surface area (TPSA) is 49.4 Å². The maximum atomic E-state index is 12.0. The van der Waals surface area contributed by atoms with E-state index in [9.17, 15) is 9.59 Å². The van der Waals surface area contributed by atoms with Crippen molar-refractivity contribution < 1.29 is 9.59 Å². The standard InChI is InChI=1S/C13H16N2O2/c1-2-14-12(16)13(17)15-9-5-7-10-6-3-4-8-11(10)15/h3-4,6,8H,2,5,7,9H2,1H3,(H,14,16). The summed E-state index contributed by atoms with van der Waals surface area (Å²) in [6.07, 6.45) is 1.87. The average Bonchev–Trinajstić information content (AvgIpc) is 2.37. The highest BCUT2D eigenvalue weighted by molar-refractivity contribution is 6.40. The summed E-state index contributed by atoms with van der Waals surface area (Å²) < 4.78 is 0. The molecule has 90 valence electrons. The van der Waals surface area contributed by atoms with E-state index in [0.717, 1.165) is 24.1 Å². The van der Waals surface area contributed by atoms with Crippen LogP contribution in [0.3, 0.4) is 0 Å². The number of fused-ring (bicyclic) bond motifs is 1. The summed E-state index contributed by atoms with van der Waals surface area (Å²) in [7, 11) is 0. The molecule has 1 aromatic carbocycles. The summed E-state index contributed by atoms with van der Waals surface area (Å²) in [6.45, 7) is 2.89. The molecule has 2 amide bonds. The highest BCUT2D eigenvalue weighted by Gasteiger charge is 2.26. The Kier molecular flexibility index (Phi) is 3.42. The number of rotatable bonds is 1. The van der Waals surface area contributed by atoms with E-state index in [0.29, 0.717) is 13.1 Å². The molecule has 1 heterocycles. The second kappa shape index (κ2) is 4.99. The Morgan fingerprint density at radius 2 is 2.12 bits per heavy atom. The van der Waals surface area contributed by atoms with E-state index >= 15 is 0 Å². The molecule has 1 N–H and O–H groups in total. The number of anilines is 1. The lowest BCUT2D eigenvalue weighted by Gasteiger charge is -2.28. The Bertz CT molecular complexity index is 443. The fourth-order valence-corrected chi connectivity index (χ4v) is 2.10. The lowest BCUT2D eigenvalue weighted by atomic mass is 10.0. The van der Waals surface area contributed by atoms with Crippen molar-refractivity contribution in [3.63, 3.8) is 0 Å². The van der Waals surface area contributed by atoms with Crippen molar-refractivity contribution in [3.8, 4) is 0 Å². The number of hydrogen-bond acceptors (Lipinski definition) is 2. The van der Waals surface area contributed by atoms with Crippen molar-refractivity contribution >= 4 is 17.5 Å². The third-order valence-corrected chi connectivity index (χ3v) is 2.89. The number of amides is 2. The zero-order valence-electron chi connectivity index (χ0n) is 9.90. The van der Waals surface area contributed by atoms with Gasteiger partial charge in [0.2, 0.25) is 0 Å². The number of likely N-dealkylation sites (N-methyl/N-ethyl adjacent to an activating group) is 1. The number of nitrogens with zero attached hydrogens (tertiary/aromatic N) is 1.